The number of hydrogen-bond acceptors (Lipinski definition) is 2. The molecule has 0 aromatic rings. The summed E-state index contributed by atoms with van der Waals surface area (Å²) in [7, 11) is 0. The third kappa shape index (κ3) is 5.77. The standard InChI is InChI=1S/C18H34F2N2/c1-2-3-4-5-6-7-8-14-12-21-18(22-13-14)15-9-10-16(19)17(20)11-15/h14-18,21-22H,2-13H2,1H3. The molecule has 0 bridgehead atoms. The molecule has 0 aromatic carbocycles. The minimum Gasteiger partial charge on any atom is -0.301 e. The number of rotatable bonds is 8. The van der Waals surface area contributed by atoms with Crippen LogP contribution in [0.15, 0.2) is 0 Å². The number of nitrogens with one attached hydrogen (secondary N) is 2. The molecule has 3 unspecified atom stereocenters. The van der Waals surface area contributed by atoms with Crippen molar-refractivity contribution in [2.75, 3.05) is 13.1 Å². The van der Waals surface area contributed by atoms with Crippen molar-refractivity contribution in [3.63, 3.8) is 0 Å². The quantitative estimate of drug-likeness (QED) is 0.651. The average Bonchev–Trinajstić information content (AvgIpc) is 2.54. The van der Waals surface area contributed by atoms with E-state index in [0.717, 1.165) is 19.5 Å². The summed E-state index contributed by atoms with van der Waals surface area (Å²) in [5.74, 6) is 0.943. The lowest BCUT2D eigenvalue weighted by molar-refractivity contribution is 0.0631. The average molecular weight is 316 g/mol. The lowest BCUT2D eigenvalue weighted by Crippen LogP contribution is -2.57. The highest BCUT2D eigenvalue weighted by molar-refractivity contribution is 4.88. The maximum atomic E-state index is 13.5. The molecule has 0 aromatic heterocycles. The second kappa shape index (κ2) is 9.82. The van der Waals surface area contributed by atoms with E-state index in [1.165, 1.54) is 44.9 Å². The van der Waals surface area contributed by atoms with Crippen molar-refractivity contribution in [3.8, 4) is 0 Å². The van der Waals surface area contributed by atoms with Gasteiger partial charge >= 0.3 is 0 Å². The van der Waals surface area contributed by atoms with Crippen LogP contribution in [0.4, 0.5) is 8.78 Å². The van der Waals surface area contributed by atoms with Crippen LogP contribution in [0.3, 0.4) is 0 Å². The van der Waals surface area contributed by atoms with Gasteiger partial charge in [0.1, 0.15) is 12.3 Å². The largest absolute Gasteiger partial charge is 0.301 e. The Bertz CT molecular complexity index is 293. The molecular weight excluding hydrogens is 282 g/mol. The van der Waals surface area contributed by atoms with E-state index in [0.29, 0.717) is 18.8 Å². The van der Waals surface area contributed by atoms with Crippen molar-refractivity contribution in [3.05, 3.63) is 0 Å². The third-order valence-corrected chi connectivity index (χ3v) is 5.42. The molecular formula is C18H34F2N2. The van der Waals surface area contributed by atoms with Gasteiger partial charge in [0.15, 0.2) is 0 Å². The van der Waals surface area contributed by atoms with Gasteiger partial charge < -0.3 is 10.6 Å². The first-order chi connectivity index (χ1) is 10.7. The molecule has 2 nitrogen and oxygen atoms in total. The van der Waals surface area contributed by atoms with Gasteiger partial charge in [0.05, 0.1) is 6.17 Å². The molecule has 0 spiro atoms. The van der Waals surface area contributed by atoms with E-state index in [9.17, 15) is 8.78 Å². The fraction of sp³-hybridized carbons (Fsp3) is 1.00. The van der Waals surface area contributed by atoms with Crippen molar-refractivity contribution < 1.29 is 8.78 Å². The van der Waals surface area contributed by atoms with E-state index in [2.05, 4.69) is 17.6 Å². The third-order valence-electron chi connectivity index (χ3n) is 5.42. The Hall–Kier alpha value is -0.220. The normalized spacial score (nSPS) is 36.4. The van der Waals surface area contributed by atoms with Gasteiger partial charge in [-0.15, -0.1) is 0 Å². The van der Waals surface area contributed by atoms with Crippen molar-refractivity contribution in [1.82, 2.24) is 10.6 Å². The van der Waals surface area contributed by atoms with E-state index in [1.54, 1.807) is 0 Å². The van der Waals surface area contributed by atoms with E-state index in [1.807, 2.05) is 0 Å². The summed E-state index contributed by atoms with van der Waals surface area (Å²) in [5.41, 5.74) is 0. The molecule has 1 aliphatic carbocycles. The van der Waals surface area contributed by atoms with Gasteiger partial charge in [-0.2, -0.15) is 0 Å². The first-order valence-corrected chi connectivity index (χ1v) is 9.45. The van der Waals surface area contributed by atoms with Gasteiger partial charge in [-0.05, 0) is 37.5 Å². The van der Waals surface area contributed by atoms with Crippen molar-refractivity contribution in [2.24, 2.45) is 11.8 Å². The lowest BCUT2D eigenvalue weighted by atomic mass is 9.83. The topological polar surface area (TPSA) is 24.1 Å². The summed E-state index contributed by atoms with van der Waals surface area (Å²) in [4.78, 5) is 0. The minimum absolute atomic E-state index is 0.187. The molecule has 0 amide bonds. The van der Waals surface area contributed by atoms with Crippen LogP contribution in [0.1, 0.15) is 71.1 Å². The molecule has 2 fully saturated rings. The van der Waals surface area contributed by atoms with E-state index in [4.69, 9.17) is 0 Å². The Kier molecular flexibility index (Phi) is 8.09. The Balaban J connectivity index is 1.56. The molecule has 1 aliphatic heterocycles. The summed E-state index contributed by atoms with van der Waals surface area (Å²) < 4.78 is 26.7. The van der Waals surface area contributed by atoms with Gasteiger partial charge in [-0.3, -0.25) is 0 Å². The highest BCUT2D eigenvalue weighted by Gasteiger charge is 2.35. The van der Waals surface area contributed by atoms with Gasteiger partial charge in [-0.1, -0.05) is 45.4 Å². The minimum atomic E-state index is -1.26. The first-order valence-electron chi connectivity index (χ1n) is 9.45. The molecule has 2 aliphatic rings. The van der Waals surface area contributed by atoms with Crippen LogP contribution in [0.2, 0.25) is 0 Å². The molecule has 2 N–H and O–H groups in total. The van der Waals surface area contributed by atoms with Crippen LogP contribution in [0, 0.1) is 11.8 Å². The Morgan fingerprint density at radius 3 is 2.23 bits per heavy atom. The van der Waals surface area contributed by atoms with Gasteiger partial charge in [-0.25, -0.2) is 8.78 Å². The van der Waals surface area contributed by atoms with Gasteiger partial charge in [0.25, 0.3) is 0 Å². The monoisotopic (exact) mass is 316 g/mol. The number of hydrogen-bond donors (Lipinski definition) is 2. The SMILES string of the molecule is CCCCCCCCC1CNC(C2CCC(F)C(F)C2)NC1. The highest BCUT2D eigenvalue weighted by Crippen LogP contribution is 2.31. The zero-order valence-corrected chi connectivity index (χ0v) is 14.1. The Labute approximate surface area is 134 Å². The second-order valence-corrected chi connectivity index (χ2v) is 7.32. The summed E-state index contributed by atoms with van der Waals surface area (Å²) in [6.07, 6.45) is 8.61. The molecule has 22 heavy (non-hydrogen) atoms. The van der Waals surface area contributed by atoms with E-state index < -0.39 is 12.3 Å². The summed E-state index contributed by atoms with van der Waals surface area (Å²) in [5, 5.41) is 7.07. The van der Waals surface area contributed by atoms with Crippen LogP contribution >= 0.6 is 0 Å². The molecule has 1 heterocycles. The molecule has 2 rings (SSSR count). The van der Waals surface area contributed by atoms with Crippen molar-refractivity contribution in [2.45, 2.75) is 89.6 Å². The Morgan fingerprint density at radius 2 is 1.55 bits per heavy atom. The zero-order chi connectivity index (χ0) is 15.8. The predicted octanol–water partition coefficient (Wildman–Crippen LogP) is 4.35. The van der Waals surface area contributed by atoms with Crippen LogP contribution < -0.4 is 10.6 Å². The molecule has 4 heteroatoms. The van der Waals surface area contributed by atoms with Crippen LogP contribution in [-0.2, 0) is 0 Å². The van der Waals surface area contributed by atoms with Gasteiger partial charge in [0, 0.05) is 13.1 Å². The predicted molar refractivity (Wildman–Crippen MR) is 88.4 cm³/mol. The lowest BCUT2D eigenvalue weighted by Gasteiger charge is -2.39. The van der Waals surface area contributed by atoms with Crippen LogP contribution in [0.25, 0.3) is 0 Å². The fourth-order valence-electron chi connectivity index (χ4n) is 3.89. The van der Waals surface area contributed by atoms with Gasteiger partial charge in [0.2, 0.25) is 0 Å². The summed E-state index contributed by atoms with van der Waals surface area (Å²) in [6, 6.07) is 0. The van der Waals surface area contributed by atoms with Crippen molar-refractivity contribution in [1.29, 1.82) is 0 Å². The molecule has 130 valence electrons. The molecule has 1 saturated carbocycles. The summed E-state index contributed by atoms with van der Waals surface area (Å²) >= 11 is 0. The van der Waals surface area contributed by atoms with Crippen molar-refractivity contribution >= 4 is 0 Å². The maximum Gasteiger partial charge on any atom is 0.132 e. The number of unbranched alkanes of at least 4 members (excludes halogenated alkanes) is 5. The first kappa shape index (κ1) is 18.1. The highest BCUT2D eigenvalue weighted by atomic mass is 19.2. The van der Waals surface area contributed by atoms with Crippen LogP contribution in [0.5, 0.6) is 0 Å². The Morgan fingerprint density at radius 1 is 0.864 bits per heavy atom. The number of alkyl halides is 2. The molecule has 0 radical (unpaired) electrons. The zero-order valence-electron chi connectivity index (χ0n) is 14.1. The smallest absolute Gasteiger partial charge is 0.132 e. The summed E-state index contributed by atoms with van der Waals surface area (Å²) in [6.45, 7) is 4.30. The van der Waals surface area contributed by atoms with E-state index in [-0.39, 0.29) is 12.1 Å². The second-order valence-electron chi connectivity index (χ2n) is 7.32. The van der Waals surface area contributed by atoms with E-state index >= 15 is 0 Å². The fourth-order valence-corrected chi connectivity index (χ4v) is 3.89. The molecule has 1 saturated heterocycles. The van der Waals surface area contributed by atoms with Crippen LogP contribution in [-0.4, -0.2) is 31.6 Å². The molecule has 3 atom stereocenters. The maximum absolute atomic E-state index is 13.5. The number of halogens is 2.